The molecule has 0 bridgehead atoms. The number of aromatic nitrogens is 2. The largest absolute Gasteiger partial charge is 0.493 e. The molecule has 4 rings (SSSR count). The van der Waals surface area contributed by atoms with Crippen LogP contribution in [0.1, 0.15) is 22.4 Å². The zero-order valence-corrected chi connectivity index (χ0v) is 17.5. The number of rotatable bonds is 6. The van der Waals surface area contributed by atoms with Gasteiger partial charge in [0.05, 0.1) is 18.5 Å². The third-order valence-corrected chi connectivity index (χ3v) is 5.79. The Balaban J connectivity index is 1.57. The summed E-state index contributed by atoms with van der Waals surface area (Å²) < 4.78 is 12.8. The first-order chi connectivity index (χ1) is 14.1. The van der Waals surface area contributed by atoms with Gasteiger partial charge in [-0.25, -0.2) is 4.68 Å². The minimum absolute atomic E-state index is 0.111. The van der Waals surface area contributed by atoms with Gasteiger partial charge < -0.3 is 14.8 Å². The van der Waals surface area contributed by atoms with E-state index in [4.69, 9.17) is 14.6 Å². The van der Waals surface area contributed by atoms with E-state index in [9.17, 15) is 4.79 Å². The van der Waals surface area contributed by atoms with Crippen LogP contribution in [0.4, 0.5) is 5.82 Å². The summed E-state index contributed by atoms with van der Waals surface area (Å²) in [5, 5.41) is 7.79. The molecule has 1 amide bonds. The Hall–Kier alpha value is -2.93. The highest BCUT2D eigenvalue weighted by Crippen LogP contribution is 2.36. The second kappa shape index (κ2) is 8.21. The second-order valence-corrected chi connectivity index (χ2v) is 7.94. The number of methoxy groups -OCH3 is 1. The van der Waals surface area contributed by atoms with Crippen molar-refractivity contribution in [3.05, 3.63) is 64.8 Å². The first-order valence-corrected chi connectivity index (χ1v) is 10.5. The van der Waals surface area contributed by atoms with Crippen LogP contribution in [-0.4, -0.2) is 29.4 Å². The van der Waals surface area contributed by atoms with Gasteiger partial charge in [0.1, 0.15) is 5.82 Å². The fourth-order valence-electron chi connectivity index (χ4n) is 3.41. The van der Waals surface area contributed by atoms with E-state index in [1.165, 1.54) is 5.56 Å². The molecule has 1 N–H and O–H groups in total. The Morgan fingerprint density at radius 1 is 1.17 bits per heavy atom. The number of anilines is 1. The Labute approximate surface area is 174 Å². The monoisotopic (exact) mass is 409 g/mol. The van der Waals surface area contributed by atoms with Crippen molar-refractivity contribution in [3.63, 3.8) is 0 Å². The van der Waals surface area contributed by atoms with E-state index in [1.54, 1.807) is 31.0 Å². The number of para-hydroxylation sites is 2. The molecule has 150 valence electrons. The number of hydrogen-bond acceptors (Lipinski definition) is 5. The lowest BCUT2D eigenvalue weighted by Crippen LogP contribution is -2.22. The van der Waals surface area contributed by atoms with Crippen LogP contribution in [-0.2, 0) is 16.3 Å². The number of thioether (sulfide) groups is 1. The van der Waals surface area contributed by atoms with E-state index in [0.717, 1.165) is 39.8 Å². The van der Waals surface area contributed by atoms with Crippen molar-refractivity contribution in [1.82, 2.24) is 9.78 Å². The second-order valence-electron chi connectivity index (χ2n) is 6.96. The smallest absolute Gasteiger partial charge is 0.263 e. The summed E-state index contributed by atoms with van der Waals surface area (Å²) in [7, 11) is 1.58. The third-order valence-electron chi connectivity index (χ3n) is 4.82. The minimum Gasteiger partial charge on any atom is -0.493 e. The van der Waals surface area contributed by atoms with Crippen LogP contribution in [0.25, 0.3) is 5.69 Å². The van der Waals surface area contributed by atoms with Gasteiger partial charge in [0.2, 0.25) is 0 Å². The van der Waals surface area contributed by atoms with Gasteiger partial charge in [-0.05, 0) is 37.6 Å². The van der Waals surface area contributed by atoms with Gasteiger partial charge in [0, 0.05) is 17.1 Å². The van der Waals surface area contributed by atoms with Gasteiger partial charge >= 0.3 is 0 Å². The molecular formula is C22H23N3O3S. The van der Waals surface area contributed by atoms with Crippen molar-refractivity contribution in [1.29, 1.82) is 0 Å². The molecule has 29 heavy (non-hydrogen) atoms. The summed E-state index contributed by atoms with van der Waals surface area (Å²) in [5.41, 5.74) is 5.38. The molecule has 1 aromatic heterocycles. The maximum Gasteiger partial charge on any atom is 0.263 e. The average Bonchev–Trinajstić information content (AvgIpc) is 3.29. The number of carbonyl (C=O) groups excluding carboxylic acids is 1. The lowest BCUT2D eigenvalue weighted by molar-refractivity contribution is -0.118. The molecule has 0 atom stereocenters. The summed E-state index contributed by atoms with van der Waals surface area (Å²) in [5.74, 6) is 3.32. The highest BCUT2D eigenvalue weighted by molar-refractivity contribution is 7.98. The van der Waals surface area contributed by atoms with Crippen LogP contribution in [0, 0.1) is 13.8 Å². The summed E-state index contributed by atoms with van der Waals surface area (Å²) in [4.78, 5) is 12.7. The molecule has 1 aliphatic heterocycles. The standard InChI is InChI=1S/C22H23N3O3S/c1-14-8-9-18(15(2)10-14)25-22(16-12-29-13-17(16)24-25)23-21(26)11-28-20-7-5-4-6-19(20)27-3/h4-10H,11-13H2,1-3H3,(H,23,26). The molecule has 0 saturated carbocycles. The van der Waals surface area contributed by atoms with Crippen LogP contribution >= 0.6 is 11.8 Å². The molecule has 1 aliphatic rings. The highest BCUT2D eigenvalue weighted by Gasteiger charge is 2.25. The van der Waals surface area contributed by atoms with Crippen molar-refractivity contribution in [2.45, 2.75) is 25.4 Å². The van der Waals surface area contributed by atoms with E-state index in [1.807, 2.05) is 22.9 Å². The fourth-order valence-corrected chi connectivity index (χ4v) is 4.44. The quantitative estimate of drug-likeness (QED) is 0.659. The predicted octanol–water partition coefficient (Wildman–Crippen LogP) is 4.26. The lowest BCUT2D eigenvalue weighted by atomic mass is 10.1. The molecule has 6 nitrogen and oxygen atoms in total. The molecule has 0 aliphatic carbocycles. The molecule has 0 saturated heterocycles. The van der Waals surface area contributed by atoms with Crippen molar-refractivity contribution in [3.8, 4) is 17.2 Å². The van der Waals surface area contributed by atoms with Crippen LogP contribution in [0.3, 0.4) is 0 Å². The van der Waals surface area contributed by atoms with Crippen molar-refractivity contribution in [2.24, 2.45) is 0 Å². The number of nitrogens with zero attached hydrogens (tertiary/aromatic N) is 2. The summed E-state index contributed by atoms with van der Waals surface area (Å²) in [6.45, 7) is 4.01. The maximum absolute atomic E-state index is 12.7. The summed E-state index contributed by atoms with van der Waals surface area (Å²) >= 11 is 1.80. The maximum atomic E-state index is 12.7. The SMILES string of the molecule is COc1ccccc1OCC(=O)Nc1c2c(nn1-c1ccc(C)cc1C)CSC2. The lowest BCUT2D eigenvalue weighted by Gasteiger charge is -2.14. The number of fused-ring (bicyclic) bond motifs is 1. The Morgan fingerprint density at radius 3 is 2.72 bits per heavy atom. The van der Waals surface area contributed by atoms with Gasteiger partial charge in [-0.15, -0.1) is 0 Å². The van der Waals surface area contributed by atoms with Gasteiger partial charge in [0.15, 0.2) is 18.1 Å². The number of ether oxygens (including phenoxy) is 2. The zero-order chi connectivity index (χ0) is 20.4. The van der Waals surface area contributed by atoms with Gasteiger partial charge in [-0.3, -0.25) is 4.79 Å². The predicted molar refractivity (Wildman–Crippen MR) is 115 cm³/mol. The third kappa shape index (κ3) is 3.96. The molecule has 3 aromatic rings. The number of carbonyl (C=O) groups is 1. The number of benzene rings is 2. The number of hydrogen-bond donors (Lipinski definition) is 1. The van der Waals surface area contributed by atoms with Gasteiger partial charge in [-0.1, -0.05) is 29.8 Å². The van der Waals surface area contributed by atoms with E-state index in [-0.39, 0.29) is 12.5 Å². The van der Waals surface area contributed by atoms with Crippen LogP contribution in [0.2, 0.25) is 0 Å². The zero-order valence-electron chi connectivity index (χ0n) is 16.7. The minimum atomic E-state index is -0.235. The van der Waals surface area contributed by atoms with E-state index >= 15 is 0 Å². The number of amides is 1. The normalized spacial score (nSPS) is 12.5. The highest BCUT2D eigenvalue weighted by atomic mass is 32.2. The van der Waals surface area contributed by atoms with Crippen LogP contribution in [0.15, 0.2) is 42.5 Å². The molecule has 0 spiro atoms. The summed E-state index contributed by atoms with van der Waals surface area (Å²) in [6, 6.07) is 13.5. The van der Waals surface area contributed by atoms with Gasteiger partial charge in [-0.2, -0.15) is 16.9 Å². The molecule has 0 unspecified atom stereocenters. The first-order valence-electron chi connectivity index (χ1n) is 9.38. The molecule has 2 heterocycles. The van der Waals surface area contributed by atoms with Crippen molar-refractivity contribution < 1.29 is 14.3 Å². The molecule has 0 fully saturated rings. The summed E-state index contributed by atoms with van der Waals surface area (Å²) in [6.07, 6.45) is 0. The van der Waals surface area contributed by atoms with E-state index < -0.39 is 0 Å². The topological polar surface area (TPSA) is 65.4 Å². The van der Waals surface area contributed by atoms with Crippen LogP contribution < -0.4 is 14.8 Å². The van der Waals surface area contributed by atoms with Crippen molar-refractivity contribution in [2.75, 3.05) is 19.0 Å². The first kappa shape index (κ1) is 19.4. The average molecular weight is 410 g/mol. The number of aryl methyl sites for hydroxylation is 2. The number of nitrogens with one attached hydrogen (secondary N) is 1. The fraction of sp³-hybridized carbons (Fsp3) is 0.273. The van der Waals surface area contributed by atoms with E-state index in [0.29, 0.717) is 11.5 Å². The van der Waals surface area contributed by atoms with Crippen LogP contribution in [0.5, 0.6) is 11.5 Å². The van der Waals surface area contributed by atoms with Gasteiger partial charge in [0.25, 0.3) is 5.91 Å². The Morgan fingerprint density at radius 2 is 1.97 bits per heavy atom. The molecule has 2 aromatic carbocycles. The van der Waals surface area contributed by atoms with E-state index in [2.05, 4.69) is 31.3 Å². The Bertz CT molecular complexity index is 1060. The molecule has 0 radical (unpaired) electrons. The van der Waals surface area contributed by atoms with Crippen molar-refractivity contribution >= 4 is 23.5 Å². The Kier molecular flexibility index (Phi) is 5.49. The molecule has 7 heteroatoms. The molecular weight excluding hydrogens is 386 g/mol.